The molecule has 1 heterocycles. The van der Waals surface area contributed by atoms with Gasteiger partial charge in [-0.05, 0) is 36.6 Å². The largest absolute Gasteiger partial charge is 0.508 e. The number of carbonyl (C=O) groups is 1. The van der Waals surface area contributed by atoms with Gasteiger partial charge in [0.2, 0.25) is 0 Å². The first kappa shape index (κ1) is 14.9. The lowest BCUT2D eigenvalue weighted by molar-refractivity contribution is 0.0623. The fraction of sp³-hybridized carbons (Fsp3) is 0.562. The van der Waals surface area contributed by atoms with Gasteiger partial charge in [-0.2, -0.15) is 0 Å². The molecule has 1 aromatic carbocycles. The summed E-state index contributed by atoms with van der Waals surface area (Å²) in [5.74, 6) is 0.948. The van der Waals surface area contributed by atoms with E-state index in [0.29, 0.717) is 11.5 Å². The van der Waals surface area contributed by atoms with Gasteiger partial charge in [0.25, 0.3) is 5.91 Å². The van der Waals surface area contributed by atoms with Crippen molar-refractivity contribution in [1.82, 2.24) is 9.80 Å². The van der Waals surface area contributed by atoms with Crippen molar-refractivity contribution in [2.75, 3.05) is 32.7 Å². The number of nitrogens with zero attached hydrogens (tertiary/aromatic N) is 2. The molecule has 1 saturated heterocycles. The van der Waals surface area contributed by atoms with Crippen LogP contribution in [0.3, 0.4) is 0 Å². The summed E-state index contributed by atoms with van der Waals surface area (Å²) in [6.45, 7) is 10.9. The maximum absolute atomic E-state index is 12.5. The molecule has 1 aliphatic heterocycles. The molecule has 0 unspecified atom stereocenters. The van der Waals surface area contributed by atoms with E-state index in [0.717, 1.165) is 38.3 Å². The highest BCUT2D eigenvalue weighted by atomic mass is 16.3. The molecule has 1 fully saturated rings. The zero-order chi connectivity index (χ0) is 14.7. The molecule has 110 valence electrons. The quantitative estimate of drug-likeness (QED) is 0.919. The molecule has 0 saturated carbocycles. The average molecular weight is 276 g/mol. The number of rotatable bonds is 3. The van der Waals surface area contributed by atoms with Crippen LogP contribution in [0.25, 0.3) is 0 Å². The minimum atomic E-state index is 0.0756. The Hall–Kier alpha value is -1.55. The predicted octanol–water partition coefficient (Wildman–Crippen LogP) is 2.11. The van der Waals surface area contributed by atoms with Crippen molar-refractivity contribution in [1.29, 1.82) is 0 Å². The van der Waals surface area contributed by atoms with Gasteiger partial charge in [0, 0.05) is 38.3 Å². The Morgan fingerprint density at radius 2 is 1.90 bits per heavy atom. The van der Waals surface area contributed by atoms with Crippen molar-refractivity contribution in [3.05, 3.63) is 29.3 Å². The van der Waals surface area contributed by atoms with Crippen molar-refractivity contribution in [3.8, 4) is 5.75 Å². The molecule has 1 aromatic rings. The van der Waals surface area contributed by atoms with Gasteiger partial charge in [0.1, 0.15) is 5.75 Å². The lowest BCUT2D eigenvalue weighted by Crippen LogP contribution is -2.49. The molecule has 20 heavy (non-hydrogen) atoms. The number of hydrogen-bond acceptors (Lipinski definition) is 3. The maximum atomic E-state index is 12.5. The number of phenols is 1. The van der Waals surface area contributed by atoms with E-state index in [1.165, 1.54) is 0 Å². The normalized spacial score (nSPS) is 16.7. The Bertz CT molecular complexity index is 477. The second kappa shape index (κ2) is 6.27. The van der Waals surface area contributed by atoms with Gasteiger partial charge >= 0.3 is 0 Å². The molecular weight excluding hydrogens is 252 g/mol. The standard InChI is InChI=1S/C16H24N2O2/c1-12(2)11-17-6-8-18(9-7-17)16(20)15-5-4-14(19)10-13(15)3/h4-5,10,12,19H,6-9,11H2,1-3H3. The molecule has 0 aromatic heterocycles. The molecule has 2 rings (SSSR count). The van der Waals surface area contributed by atoms with E-state index in [4.69, 9.17) is 0 Å². The van der Waals surface area contributed by atoms with Gasteiger partial charge in [-0.25, -0.2) is 0 Å². The number of benzene rings is 1. The molecule has 1 aliphatic rings. The third-order valence-corrected chi connectivity index (χ3v) is 3.72. The van der Waals surface area contributed by atoms with Crippen molar-refractivity contribution in [3.63, 3.8) is 0 Å². The van der Waals surface area contributed by atoms with Crippen LogP contribution < -0.4 is 0 Å². The van der Waals surface area contributed by atoms with E-state index in [1.54, 1.807) is 18.2 Å². The summed E-state index contributed by atoms with van der Waals surface area (Å²) in [6, 6.07) is 4.94. The van der Waals surface area contributed by atoms with Crippen LogP contribution in [0.5, 0.6) is 5.75 Å². The number of aromatic hydroxyl groups is 1. The minimum absolute atomic E-state index is 0.0756. The van der Waals surface area contributed by atoms with Crippen molar-refractivity contribution < 1.29 is 9.90 Å². The van der Waals surface area contributed by atoms with Gasteiger partial charge < -0.3 is 10.0 Å². The van der Waals surface area contributed by atoms with Crippen LogP contribution in [-0.2, 0) is 0 Å². The van der Waals surface area contributed by atoms with E-state index in [9.17, 15) is 9.90 Å². The zero-order valence-electron chi connectivity index (χ0n) is 12.6. The van der Waals surface area contributed by atoms with Gasteiger partial charge in [-0.15, -0.1) is 0 Å². The summed E-state index contributed by atoms with van der Waals surface area (Å²) in [4.78, 5) is 16.8. The Kier molecular flexibility index (Phi) is 4.65. The van der Waals surface area contributed by atoms with Crippen LogP contribution in [0, 0.1) is 12.8 Å². The topological polar surface area (TPSA) is 43.8 Å². The van der Waals surface area contributed by atoms with Crippen LogP contribution in [0.4, 0.5) is 0 Å². The highest BCUT2D eigenvalue weighted by Gasteiger charge is 2.23. The molecular formula is C16H24N2O2. The fourth-order valence-electron chi connectivity index (χ4n) is 2.71. The Labute approximate surface area is 121 Å². The molecule has 0 atom stereocenters. The maximum Gasteiger partial charge on any atom is 0.254 e. The minimum Gasteiger partial charge on any atom is -0.508 e. The monoisotopic (exact) mass is 276 g/mol. The Morgan fingerprint density at radius 3 is 2.45 bits per heavy atom. The lowest BCUT2D eigenvalue weighted by Gasteiger charge is -2.35. The van der Waals surface area contributed by atoms with Crippen LogP contribution in [0.1, 0.15) is 29.8 Å². The second-order valence-corrected chi connectivity index (χ2v) is 5.99. The van der Waals surface area contributed by atoms with E-state index in [1.807, 2.05) is 11.8 Å². The predicted molar refractivity (Wildman–Crippen MR) is 80.0 cm³/mol. The third kappa shape index (κ3) is 3.51. The van der Waals surface area contributed by atoms with Crippen LogP contribution in [-0.4, -0.2) is 53.5 Å². The zero-order valence-corrected chi connectivity index (χ0v) is 12.6. The molecule has 0 spiro atoms. The van der Waals surface area contributed by atoms with Gasteiger partial charge in [0.05, 0.1) is 0 Å². The average Bonchev–Trinajstić information content (AvgIpc) is 2.38. The molecule has 1 amide bonds. The summed E-state index contributed by atoms with van der Waals surface area (Å²) in [5, 5.41) is 9.42. The highest BCUT2D eigenvalue weighted by Crippen LogP contribution is 2.18. The first-order valence-electron chi connectivity index (χ1n) is 7.28. The van der Waals surface area contributed by atoms with Crippen molar-refractivity contribution >= 4 is 5.91 Å². The SMILES string of the molecule is Cc1cc(O)ccc1C(=O)N1CCN(CC(C)C)CC1. The number of carbonyl (C=O) groups excluding carboxylic acids is 1. The first-order chi connectivity index (χ1) is 9.47. The summed E-state index contributed by atoms with van der Waals surface area (Å²) >= 11 is 0. The summed E-state index contributed by atoms with van der Waals surface area (Å²) in [5.41, 5.74) is 1.53. The summed E-state index contributed by atoms with van der Waals surface area (Å²) < 4.78 is 0. The van der Waals surface area contributed by atoms with Crippen molar-refractivity contribution in [2.45, 2.75) is 20.8 Å². The number of piperazine rings is 1. The van der Waals surface area contributed by atoms with E-state index < -0.39 is 0 Å². The number of hydrogen-bond donors (Lipinski definition) is 1. The van der Waals surface area contributed by atoms with Crippen molar-refractivity contribution in [2.24, 2.45) is 5.92 Å². The first-order valence-corrected chi connectivity index (χ1v) is 7.28. The molecule has 4 nitrogen and oxygen atoms in total. The fourth-order valence-corrected chi connectivity index (χ4v) is 2.71. The van der Waals surface area contributed by atoms with Gasteiger partial charge in [-0.3, -0.25) is 9.69 Å². The van der Waals surface area contributed by atoms with E-state index in [-0.39, 0.29) is 11.7 Å². The smallest absolute Gasteiger partial charge is 0.254 e. The van der Waals surface area contributed by atoms with Crippen LogP contribution in [0.2, 0.25) is 0 Å². The Morgan fingerprint density at radius 1 is 1.25 bits per heavy atom. The number of aryl methyl sites for hydroxylation is 1. The van der Waals surface area contributed by atoms with E-state index in [2.05, 4.69) is 18.7 Å². The van der Waals surface area contributed by atoms with E-state index >= 15 is 0 Å². The highest BCUT2D eigenvalue weighted by molar-refractivity contribution is 5.95. The molecule has 4 heteroatoms. The molecule has 1 N–H and O–H groups in total. The van der Waals surface area contributed by atoms with Gasteiger partial charge in [-0.1, -0.05) is 13.8 Å². The molecule has 0 aliphatic carbocycles. The Balaban J connectivity index is 1.98. The lowest BCUT2D eigenvalue weighted by atomic mass is 10.1. The molecule has 0 radical (unpaired) electrons. The van der Waals surface area contributed by atoms with Crippen LogP contribution in [0.15, 0.2) is 18.2 Å². The second-order valence-electron chi connectivity index (χ2n) is 5.99. The summed E-state index contributed by atoms with van der Waals surface area (Å²) in [6.07, 6.45) is 0. The molecule has 0 bridgehead atoms. The third-order valence-electron chi connectivity index (χ3n) is 3.72. The summed E-state index contributed by atoms with van der Waals surface area (Å²) in [7, 11) is 0. The number of amides is 1. The van der Waals surface area contributed by atoms with Crippen LogP contribution >= 0.6 is 0 Å². The number of phenolic OH excluding ortho intramolecular Hbond substituents is 1. The van der Waals surface area contributed by atoms with Gasteiger partial charge in [0.15, 0.2) is 0 Å².